The van der Waals surface area contributed by atoms with Crippen molar-refractivity contribution in [1.29, 1.82) is 0 Å². The number of carbonyl (C=O) groups is 2. The molecule has 1 rings (SSSR count). The summed E-state index contributed by atoms with van der Waals surface area (Å²) in [7, 11) is 0. The maximum absolute atomic E-state index is 12.5. The molecule has 0 bridgehead atoms. The van der Waals surface area contributed by atoms with Crippen molar-refractivity contribution in [3.05, 3.63) is 34.3 Å². The first-order valence-electron chi connectivity index (χ1n) is 6.21. The third kappa shape index (κ3) is 3.36. The van der Waals surface area contributed by atoms with Crippen LogP contribution < -0.4 is 0 Å². The van der Waals surface area contributed by atoms with E-state index in [-0.39, 0.29) is 19.4 Å². The van der Waals surface area contributed by atoms with Crippen molar-refractivity contribution in [1.82, 2.24) is 0 Å². The molecule has 0 aliphatic rings. The Morgan fingerprint density at radius 1 is 1.35 bits per heavy atom. The van der Waals surface area contributed by atoms with E-state index >= 15 is 0 Å². The molecule has 0 fully saturated rings. The number of carboxylic acid groups (broad SMARTS) is 1. The molecule has 0 spiro atoms. The minimum Gasteiger partial charge on any atom is -0.480 e. The van der Waals surface area contributed by atoms with Crippen molar-refractivity contribution in [2.75, 3.05) is 13.3 Å². The van der Waals surface area contributed by atoms with Crippen LogP contribution in [-0.4, -0.2) is 30.3 Å². The van der Waals surface area contributed by atoms with Crippen molar-refractivity contribution in [2.45, 2.75) is 25.2 Å². The van der Waals surface area contributed by atoms with E-state index in [1.54, 1.807) is 19.1 Å². The van der Waals surface area contributed by atoms with Gasteiger partial charge in [0.25, 0.3) is 0 Å². The lowest BCUT2D eigenvalue weighted by atomic mass is 9.76. The second kappa shape index (κ2) is 7.38. The van der Waals surface area contributed by atoms with Crippen LogP contribution in [0.15, 0.2) is 28.7 Å². The summed E-state index contributed by atoms with van der Waals surface area (Å²) in [4.78, 5) is 23.9. The standard InChI is InChI=1S/C14H16BrFO4/c1-2-20-13(19)14(12(17)18,8-3-9-16)10-4-6-11(15)7-5-10/h4-7H,2-3,8-9H2,1H3,(H,17,18). The van der Waals surface area contributed by atoms with Gasteiger partial charge in [-0.25, -0.2) is 0 Å². The van der Waals surface area contributed by atoms with E-state index in [0.29, 0.717) is 5.56 Å². The van der Waals surface area contributed by atoms with Crippen LogP contribution in [0, 0.1) is 0 Å². The Kier molecular flexibility index (Phi) is 6.13. The number of hydrogen-bond donors (Lipinski definition) is 1. The molecule has 1 unspecified atom stereocenters. The Bertz CT molecular complexity index is 475. The molecule has 1 atom stereocenters. The van der Waals surface area contributed by atoms with E-state index in [4.69, 9.17) is 4.74 Å². The molecule has 1 aromatic carbocycles. The van der Waals surface area contributed by atoms with Crippen LogP contribution >= 0.6 is 15.9 Å². The number of halogens is 2. The largest absolute Gasteiger partial charge is 0.480 e. The molecule has 0 aliphatic heterocycles. The Morgan fingerprint density at radius 3 is 2.40 bits per heavy atom. The quantitative estimate of drug-likeness (QED) is 0.608. The molecular formula is C14H16BrFO4. The first kappa shape index (κ1) is 16.6. The van der Waals surface area contributed by atoms with E-state index < -0.39 is 24.0 Å². The van der Waals surface area contributed by atoms with Crippen LogP contribution in [0.2, 0.25) is 0 Å². The van der Waals surface area contributed by atoms with Gasteiger partial charge in [0.2, 0.25) is 0 Å². The van der Waals surface area contributed by atoms with E-state index in [1.165, 1.54) is 12.1 Å². The van der Waals surface area contributed by atoms with Gasteiger partial charge in [0.15, 0.2) is 5.41 Å². The highest BCUT2D eigenvalue weighted by Gasteiger charge is 2.48. The summed E-state index contributed by atoms with van der Waals surface area (Å²) in [5, 5.41) is 9.54. The van der Waals surface area contributed by atoms with E-state index in [9.17, 15) is 19.1 Å². The lowest BCUT2D eigenvalue weighted by Gasteiger charge is -2.27. The number of hydrogen-bond acceptors (Lipinski definition) is 3. The highest BCUT2D eigenvalue weighted by atomic mass is 79.9. The summed E-state index contributed by atoms with van der Waals surface area (Å²) in [5.74, 6) is -2.19. The smallest absolute Gasteiger partial charge is 0.328 e. The zero-order valence-electron chi connectivity index (χ0n) is 11.1. The van der Waals surface area contributed by atoms with E-state index in [1.807, 2.05) is 0 Å². The summed E-state index contributed by atoms with van der Waals surface area (Å²) in [5.41, 5.74) is -1.57. The maximum atomic E-state index is 12.5. The van der Waals surface area contributed by atoms with Gasteiger partial charge in [0.1, 0.15) is 0 Å². The summed E-state index contributed by atoms with van der Waals surface area (Å²) in [6.45, 7) is 0.978. The zero-order chi connectivity index (χ0) is 15.2. The minimum atomic E-state index is -1.86. The Balaban J connectivity index is 3.31. The lowest BCUT2D eigenvalue weighted by Crippen LogP contribution is -2.45. The Labute approximate surface area is 125 Å². The van der Waals surface area contributed by atoms with Gasteiger partial charge in [-0.1, -0.05) is 28.1 Å². The van der Waals surface area contributed by atoms with Gasteiger partial charge in [-0.15, -0.1) is 0 Å². The minimum absolute atomic E-state index is 0.0266. The lowest BCUT2D eigenvalue weighted by molar-refractivity contribution is -0.162. The van der Waals surface area contributed by atoms with Gasteiger partial charge in [-0.2, -0.15) is 0 Å². The molecule has 0 aliphatic carbocycles. The average Bonchev–Trinajstić information content (AvgIpc) is 2.41. The molecule has 1 N–H and O–H groups in total. The summed E-state index contributed by atoms with van der Waals surface area (Å²) < 4.78 is 18.1. The van der Waals surface area contributed by atoms with Crippen molar-refractivity contribution >= 4 is 27.9 Å². The highest BCUT2D eigenvalue weighted by molar-refractivity contribution is 9.10. The van der Waals surface area contributed by atoms with Crippen LogP contribution in [0.3, 0.4) is 0 Å². The third-order valence-electron chi connectivity index (χ3n) is 3.01. The fourth-order valence-electron chi connectivity index (χ4n) is 2.00. The number of rotatable bonds is 7. The van der Waals surface area contributed by atoms with Gasteiger partial charge in [-0.05, 0) is 37.5 Å². The molecule has 4 nitrogen and oxygen atoms in total. The van der Waals surface area contributed by atoms with E-state index in [2.05, 4.69) is 15.9 Å². The third-order valence-corrected chi connectivity index (χ3v) is 3.54. The molecule has 0 amide bonds. The highest BCUT2D eigenvalue weighted by Crippen LogP contribution is 2.32. The average molecular weight is 347 g/mol. The number of ether oxygens (including phenoxy) is 1. The topological polar surface area (TPSA) is 63.6 Å². The molecular weight excluding hydrogens is 331 g/mol. The van der Waals surface area contributed by atoms with Crippen LogP contribution in [0.1, 0.15) is 25.3 Å². The van der Waals surface area contributed by atoms with Crippen molar-refractivity contribution < 1.29 is 23.8 Å². The Hall–Kier alpha value is -1.43. The summed E-state index contributed by atoms with van der Waals surface area (Å²) in [6, 6.07) is 6.35. The van der Waals surface area contributed by atoms with Crippen LogP contribution in [0.5, 0.6) is 0 Å². The number of alkyl halides is 1. The maximum Gasteiger partial charge on any atom is 0.328 e. The van der Waals surface area contributed by atoms with Gasteiger partial charge in [0, 0.05) is 4.47 Å². The number of carbonyl (C=O) groups excluding carboxylic acids is 1. The number of carboxylic acids is 1. The van der Waals surface area contributed by atoms with Gasteiger partial charge < -0.3 is 9.84 Å². The second-order valence-corrected chi connectivity index (χ2v) is 5.15. The first-order chi connectivity index (χ1) is 9.48. The van der Waals surface area contributed by atoms with Crippen LogP contribution in [0.25, 0.3) is 0 Å². The molecule has 1 aromatic rings. The van der Waals surface area contributed by atoms with Crippen LogP contribution in [0.4, 0.5) is 4.39 Å². The number of aliphatic carboxylic acids is 1. The SMILES string of the molecule is CCOC(=O)C(CCCF)(C(=O)O)c1ccc(Br)cc1. The fourth-order valence-corrected chi connectivity index (χ4v) is 2.27. The molecule has 0 heterocycles. The van der Waals surface area contributed by atoms with E-state index in [0.717, 1.165) is 4.47 Å². The normalized spacial score (nSPS) is 13.6. The Morgan fingerprint density at radius 2 is 1.95 bits per heavy atom. The molecule has 0 saturated carbocycles. The molecule has 0 radical (unpaired) electrons. The molecule has 110 valence electrons. The summed E-state index contributed by atoms with van der Waals surface area (Å²) >= 11 is 3.25. The monoisotopic (exact) mass is 346 g/mol. The van der Waals surface area contributed by atoms with Crippen LogP contribution in [-0.2, 0) is 19.7 Å². The predicted molar refractivity (Wildman–Crippen MR) is 75.3 cm³/mol. The number of esters is 1. The van der Waals surface area contributed by atoms with Crippen molar-refractivity contribution in [3.63, 3.8) is 0 Å². The molecule has 0 aromatic heterocycles. The first-order valence-corrected chi connectivity index (χ1v) is 7.01. The predicted octanol–water partition coefficient (Wildman–Crippen LogP) is 3.08. The number of benzene rings is 1. The van der Waals surface area contributed by atoms with Crippen molar-refractivity contribution in [3.8, 4) is 0 Å². The molecule has 20 heavy (non-hydrogen) atoms. The van der Waals surface area contributed by atoms with Gasteiger partial charge >= 0.3 is 11.9 Å². The van der Waals surface area contributed by atoms with Crippen molar-refractivity contribution in [2.24, 2.45) is 0 Å². The molecule has 0 saturated heterocycles. The second-order valence-electron chi connectivity index (χ2n) is 4.23. The zero-order valence-corrected chi connectivity index (χ0v) is 12.7. The van der Waals surface area contributed by atoms with Gasteiger partial charge in [-0.3, -0.25) is 14.0 Å². The fraction of sp³-hybridized carbons (Fsp3) is 0.429. The molecule has 6 heteroatoms. The van der Waals surface area contributed by atoms with Gasteiger partial charge in [0.05, 0.1) is 13.3 Å². The summed E-state index contributed by atoms with van der Waals surface area (Å²) in [6.07, 6.45) is -0.166.